The zero-order chi connectivity index (χ0) is 6.57. The maximum Gasteiger partial charge on any atom is 0.364 e. The zero-order valence-corrected chi connectivity index (χ0v) is 5.94. The van der Waals surface area contributed by atoms with Crippen LogP contribution in [0.5, 0.6) is 0 Å². The molecule has 0 bridgehead atoms. The fourth-order valence-corrected chi connectivity index (χ4v) is 0.312. The van der Waals surface area contributed by atoms with Gasteiger partial charge >= 0.3 is 5.30 Å². The Morgan fingerprint density at radius 1 is 1.75 bits per heavy atom. The highest BCUT2D eigenvalue weighted by atomic mass is 32.1. The van der Waals surface area contributed by atoms with E-state index in [9.17, 15) is 4.79 Å². The van der Waals surface area contributed by atoms with Crippen molar-refractivity contribution >= 4 is 17.9 Å². The number of hydrogen-bond donors (Lipinski definition) is 1. The Kier molecular flexibility index (Phi) is 3.69. The molecule has 2 nitrogen and oxygen atoms in total. The van der Waals surface area contributed by atoms with E-state index in [2.05, 4.69) is 17.4 Å². The number of carbonyl (C=O) groups is 1. The summed E-state index contributed by atoms with van der Waals surface area (Å²) in [5.41, 5.74) is 0. The summed E-state index contributed by atoms with van der Waals surface area (Å²) in [6.45, 7) is 4.40. The van der Waals surface area contributed by atoms with Crippen LogP contribution in [0.1, 0.15) is 13.8 Å². The topological polar surface area (TPSA) is 26.3 Å². The van der Waals surface area contributed by atoms with Gasteiger partial charge in [-0.25, -0.2) is 4.79 Å². The Labute approximate surface area is 54.6 Å². The third-order valence-electron chi connectivity index (χ3n) is 0.540. The molecule has 0 unspecified atom stereocenters. The van der Waals surface area contributed by atoms with Gasteiger partial charge in [0.25, 0.3) is 0 Å². The lowest BCUT2D eigenvalue weighted by atomic mass is 10.2. The van der Waals surface area contributed by atoms with E-state index in [1.165, 1.54) is 0 Å². The van der Waals surface area contributed by atoms with Crippen LogP contribution in [0.25, 0.3) is 0 Å². The quantitative estimate of drug-likeness (QED) is 0.459. The molecule has 0 radical (unpaired) electrons. The maximum absolute atomic E-state index is 9.99. The molecule has 0 aliphatic heterocycles. The minimum absolute atomic E-state index is 0.395. The van der Waals surface area contributed by atoms with Crippen molar-refractivity contribution in [2.75, 3.05) is 6.61 Å². The van der Waals surface area contributed by atoms with Crippen LogP contribution in [0.15, 0.2) is 0 Å². The van der Waals surface area contributed by atoms with E-state index >= 15 is 0 Å². The summed E-state index contributed by atoms with van der Waals surface area (Å²) in [7, 11) is 0. The number of ether oxygens (including phenoxy) is 1. The first kappa shape index (κ1) is 7.82. The molecule has 0 aromatic heterocycles. The van der Waals surface area contributed by atoms with E-state index in [-0.39, 0.29) is 0 Å². The molecule has 0 saturated carbocycles. The summed E-state index contributed by atoms with van der Waals surface area (Å²) in [6, 6.07) is 0. The van der Waals surface area contributed by atoms with Gasteiger partial charge in [0.05, 0.1) is 6.61 Å². The van der Waals surface area contributed by atoms with Gasteiger partial charge in [0, 0.05) is 0 Å². The van der Waals surface area contributed by atoms with Gasteiger partial charge < -0.3 is 4.74 Å². The van der Waals surface area contributed by atoms with E-state index in [0.29, 0.717) is 12.5 Å². The van der Waals surface area contributed by atoms with Gasteiger partial charge in [-0.05, 0) is 5.92 Å². The third kappa shape index (κ3) is 5.82. The van der Waals surface area contributed by atoms with Gasteiger partial charge in [0.2, 0.25) is 0 Å². The van der Waals surface area contributed by atoms with Crippen LogP contribution in [0.3, 0.4) is 0 Å². The Hall–Kier alpha value is -0.180. The van der Waals surface area contributed by atoms with Crippen molar-refractivity contribution in [1.82, 2.24) is 0 Å². The number of thiol groups is 1. The van der Waals surface area contributed by atoms with E-state index in [1.807, 2.05) is 13.8 Å². The fourth-order valence-electron chi connectivity index (χ4n) is 0.238. The predicted molar refractivity (Wildman–Crippen MR) is 35.2 cm³/mol. The first-order valence-electron chi connectivity index (χ1n) is 2.48. The van der Waals surface area contributed by atoms with Crippen LogP contribution in [-0.4, -0.2) is 11.9 Å². The molecule has 0 aromatic carbocycles. The molecule has 0 rings (SSSR count). The minimum atomic E-state index is -0.501. The van der Waals surface area contributed by atoms with E-state index in [1.54, 1.807) is 0 Å². The van der Waals surface area contributed by atoms with Gasteiger partial charge in [0.1, 0.15) is 0 Å². The van der Waals surface area contributed by atoms with Crippen LogP contribution in [0.4, 0.5) is 4.79 Å². The Morgan fingerprint density at radius 3 is 2.38 bits per heavy atom. The monoisotopic (exact) mass is 134 g/mol. The third-order valence-corrected chi connectivity index (χ3v) is 0.669. The first-order chi connectivity index (χ1) is 3.63. The summed E-state index contributed by atoms with van der Waals surface area (Å²) < 4.78 is 4.53. The second-order valence-electron chi connectivity index (χ2n) is 1.97. The highest BCUT2D eigenvalue weighted by molar-refractivity contribution is 7.96. The molecule has 8 heavy (non-hydrogen) atoms. The Bertz CT molecular complexity index is 80.5. The van der Waals surface area contributed by atoms with Crippen LogP contribution >= 0.6 is 12.6 Å². The molecule has 0 saturated heterocycles. The van der Waals surface area contributed by atoms with Crippen molar-refractivity contribution in [3.8, 4) is 0 Å². The molecule has 0 amide bonds. The second kappa shape index (κ2) is 3.78. The summed E-state index contributed by atoms with van der Waals surface area (Å²) in [5.74, 6) is 0.395. The molecule has 0 fully saturated rings. The molecular weight excluding hydrogens is 124 g/mol. The van der Waals surface area contributed by atoms with Crippen molar-refractivity contribution in [2.24, 2.45) is 5.92 Å². The summed E-state index contributed by atoms with van der Waals surface area (Å²) in [4.78, 5) is 9.99. The van der Waals surface area contributed by atoms with Gasteiger partial charge in [-0.1, -0.05) is 26.5 Å². The van der Waals surface area contributed by atoms with Crippen molar-refractivity contribution in [3.05, 3.63) is 0 Å². The molecule has 0 N–H and O–H groups in total. The van der Waals surface area contributed by atoms with Crippen molar-refractivity contribution < 1.29 is 9.53 Å². The summed E-state index contributed by atoms with van der Waals surface area (Å²) in [6.07, 6.45) is 0. The van der Waals surface area contributed by atoms with E-state index in [0.717, 1.165) is 0 Å². The van der Waals surface area contributed by atoms with E-state index < -0.39 is 5.30 Å². The summed E-state index contributed by atoms with van der Waals surface area (Å²) in [5, 5.41) is -0.501. The SMILES string of the molecule is CC(C)COC(=O)S. The average molecular weight is 134 g/mol. The Morgan fingerprint density at radius 2 is 2.25 bits per heavy atom. The molecule has 48 valence electrons. The zero-order valence-electron chi connectivity index (χ0n) is 5.05. The molecule has 0 spiro atoms. The molecule has 0 atom stereocenters. The number of hydrogen-bond acceptors (Lipinski definition) is 2. The average Bonchev–Trinajstić information content (AvgIpc) is 1.61. The lowest BCUT2D eigenvalue weighted by Crippen LogP contribution is -2.02. The largest absolute Gasteiger partial charge is 0.457 e. The predicted octanol–water partition coefficient (Wildman–Crippen LogP) is 1.71. The van der Waals surface area contributed by atoms with Gasteiger partial charge in [-0.15, -0.1) is 0 Å². The molecule has 0 heterocycles. The number of carbonyl (C=O) groups excluding carboxylic acids is 1. The summed E-state index contributed by atoms with van der Waals surface area (Å²) >= 11 is 3.41. The smallest absolute Gasteiger partial charge is 0.364 e. The van der Waals surface area contributed by atoms with Crippen molar-refractivity contribution in [2.45, 2.75) is 13.8 Å². The van der Waals surface area contributed by atoms with E-state index in [4.69, 9.17) is 0 Å². The maximum atomic E-state index is 9.99. The van der Waals surface area contributed by atoms with Crippen LogP contribution in [-0.2, 0) is 4.74 Å². The van der Waals surface area contributed by atoms with Crippen molar-refractivity contribution in [1.29, 1.82) is 0 Å². The number of rotatable bonds is 2. The lowest BCUT2D eigenvalue weighted by Gasteiger charge is -2.01. The van der Waals surface area contributed by atoms with Crippen molar-refractivity contribution in [3.63, 3.8) is 0 Å². The minimum Gasteiger partial charge on any atom is -0.457 e. The Balaban J connectivity index is 3.05. The molecular formula is C5H10O2S. The molecule has 0 aliphatic rings. The van der Waals surface area contributed by atoms with Gasteiger partial charge in [0.15, 0.2) is 0 Å². The normalized spacial score (nSPS) is 9.50. The molecule has 0 aromatic rings. The van der Waals surface area contributed by atoms with Gasteiger partial charge in [-0.3, -0.25) is 0 Å². The highest BCUT2D eigenvalue weighted by Gasteiger charge is 1.95. The van der Waals surface area contributed by atoms with Gasteiger partial charge in [-0.2, -0.15) is 0 Å². The van der Waals surface area contributed by atoms with Crippen LogP contribution in [0, 0.1) is 5.92 Å². The second-order valence-corrected chi connectivity index (χ2v) is 2.34. The fraction of sp³-hybridized carbons (Fsp3) is 0.800. The standard InChI is InChI=1S/C5H10O2S/c1-4(2)3-7-5(6)8/h4H,3H2,1-2H3,(H,6,8). The molecule has 0 aliphatic carbocycles. The first-order valence-corrected chi connectivity index (χ1v) is 2.93. The van der Waals surface area contributed by atoms with Crippen LogP contribution in [0.2, 0.25) is 0 Å². The molecule has 3 heteroatoms. The van der Waals surface area contributed by atoms with Crippen LogP contribution < -0.4 is 0 Å². The highest BCUT2D eigenvalue weighted by Crippen LogP contribution is 1.94. The lowest BCUT2D eigenvalue weighted by molar-refractivity contribution is 0.161.